The Kier molecular flexibility index (Phi) is 5.31. The molecule has 0 aliphatic carbocycles. The zero-order chi connectivity index (χ0) is 14.5. The van der Waals surface area contributed by atoms with Crippen LogP contribution in [-0.4, -0.2) is 27.9 Å². The summed E-state index contributed by atoms with van der Waals surface area (Å²) in [6.45, 7) is 8.42. The quantitative estimate of drug-likeness (QED) is 0.824. The SMILES string of the molecule is CCCNCCc1c(C)nn(-c2ccc(Br)cn2)c1C. The predicted octanol–water partition coefficient (Wildman–Crippen LogP) is 3.19. The normalized spacial score (nSPS) is 11.0. The van der Waals surface area contributed by atoms with Gasteiger partial charge in [0.1, 0.15) is 0 Å². The molecule has 0 radical (unpaired) electrons. The highest BCUT2D eigenvalue weighted by Crippen LogP contribution is 2.18. The van der Waals surface area contributed by atoms with Gasteiger partial charge in [0.05, 0.1) is 5.69 Å². The second-order valence-electron chi connectivity index (χ2n) is 4.90. The lowest BCUT2D eigenvalue weighted by Crippen LogP contribution is -2.18. The van der Waals surface area contributed by atoms with Crippen molar-refractivity contribution in [1.29, 1.82) is 0 Å². The molecule has 2 aromatic heterocycles. The molecule has 108 valence electrons. The monoisotopic (exact) mass is 336 g/mol. The van der Waals surface area contributed by atoms with Crippen LogP contribution in [0.25, 0.3) is 5.82 Å². The van der Waals surface area contributed by atoms with Crippen LogP contribution in [0.2, 0.25) is 0 Å². The first-order chi connectivity index (χ1) is 9.63. The fourth-order valence-corrected chi connectivity index (χ4v) is 2.50. The maximum absolute atomic E-state index is 4.62. The number of pyridine rings is 1. The van der Waals surface area contributed by atoms with Crippen molar-refractivity contribution in [2.45, 2.75) is 33.6 Å². The van der Waals surface area contributed by atoms with Crippen LogP contribution in [0.4, 0.5) is 0 Å². The molecule has 1 N–H and O–H groups in total. The van der Waals surface area contributed by atoms with E-state index in [2.05, 4.69) is 52.1 Å². The van der Waals surface area contributed by atoms with Crippen LogP contribution in [0.15, 0.2) is 22.8 Å². The first-order valence-electron chi connectivity index (χ1n) is 7.01. The van der Waals surface area contributed by atoms with Gasteiger partial charge in [-0.05, 0) is 73.4 Å². The Hall–Kier alpha value is -1.20. The van der Waals surface area contributed by atoms with Gasteiger partial charge >= 0.3 is 0 Å². The highest BCUT2D eigenvalue weighted by Gasteiger charge is 2.12. The van der Waals surface area contributed by atoms with E-state index in [-0.39, 0.29) is 0 Å². The van der Waals surface area contributed by atoms with Crippen LogP contribution in [-0.2, 0) is 6.42 Å². The van der Waals surface area contributed by atoms with Crippen LogP contribution < -0.4 is 5.32 Å². The van der Waals surface area contributed by atoms with E-state index in [0.717, 1.165) is 35.5 Å². The molecule has 0 unspecified atom stereocenters. The molecule has 0 saturated heterocycles. The fraction of sp³-hybridized carbons (Fsp3) is 0.467. The number of rotatable bonds is 6. The molecular formula is C15H21BrN4. The molecule has 0 saturated carbocycles. The van der Waals surface area contributed by atoms with Crippen molar-refractivity contribution in [1.82, 2.24) is 20.1 Å². The highest BCUT2D eigenvalue weighted by atomic mass is 79.9. The average Bonchev–Trinajstić information content (AvgIpc) is 2.72. The van der Waals surface area contributed by atoms with Crippen LogP contribution in [0.5, 0.6) is 0 Å². The number of nitrogens with one attached hydrogen (secondary N) is 1. The minimum Gasteiger partial charge on any atom is -0.316 e. The van der Waals surface area contributed by atoms with Gasteiger partial charge in [0, 0.05) is 16.4 Å². The molecular weight excluding hydrogens is 316 g/mol. The number of nitrogens with zero attached hydrogens (tertiary/aromatic N) is 3. The van der Waals surface area contributed by atoms with Gasteiger partial charge < -0.3 is 5.32 Å². The average molecular weight is 337 g/mol. The summed E-state index contributed by atoms with van der Waals surface area (Å²) in [5, 5.41) is 8.06. The number of halogens is 1. The number of aryl methyl sites for hydroxylation is 1. The van der Waals surface area contributed by atoms with Gasteiger partial charge in [0.15, 0.2) is 5.82 Å². The van der Waals surface area contributed by atoms with Crippen molar-refractivity contribution in [3.05, 3.63) is 39.8 Å². The van der Waals surface area contributed by atoms with E-state index in [1.807, 2.05) is 16.8 Å². The summed E-state index contributed by atoms with van der Waals surface area (Å²) in [5.41, 5.74) is 3.58. The van der Waals surface area contributed by atoms with Crippen molar-refractivity contribution >= 4 is 15.9 Å². The van der Waals surface area contributed by atoms with Crippen LogP contribution in [0, 0.1) is 13.8 Å². The Morgan fingerprint density at radius 2 is 2.05 bits per heavy atom. The smallest absolute Gasteiger partial charge is 0.153 e. The van der Waals surface area contributed by atoms with Gasteiger partial charge in [0.2, 0.25) is 0 Å². The molecule has 0 aliphatic heterocycles. The standard InChI is InChI=1S/C15H21BrN4/c1-4-8-17-9-7-14-11(2)19-20(12(14)3)15-6-5-13(16)10-18-15/h5-6,10,17H,4,7-9H2,1-3H3. The summed E-state index contributed by atoms with van der Waals surface area (Å²) < 4.78 is 2.91. The topological polar surface area (TPSA) is 42.7 Å². The van der Waals surface area contributed by atoms with Crippen LogP contribution in [0.1, 0.15) is 30.3 Å². The van der Waals surface area contributed by atoms with Crippen molar-refractivity contribution in [2.75, 3.05) is 13.1 Å². The maximum Gasteiger partial charge on any atom is 0.153 e. The van der Waals surface area contributed by atoms with E-state index in [0.29, 0.717) is 0 Å². The van der Waals surface area contributed by atoms with Gasteiger partial charge in [0.25, 0.3) is 0 Å². The fourth-order valence-electron chi connectivity index (χ4n) is 2.27. The van der Waals surface area contributed by atoms with Crippen molar-refractivity contribution in [2.24, 2.45) is 0 Å². The molecule has 0 bridgehead atoms. The lowest BCUT2D eigenvalue weighted by atomic mass is 10.1. The Balaban J connectivity index is 2.17. The van der Waals surface area contributed by atoms with E-state index in [4.69, 9.17) is 0 Å². The Bertz CT molecular complexity index is 560. The summed E-state index contributed by atoms with van der Waals surface area (Å²) >= 11 is 3.40. The van der Waals surface area contributed by atoms with E-state index in [1.54, 1.807) is 6.20 Å². The van der Waals surface area contributed by atoms with Crippen molar-refractivity contribution < 1.29 is 0 Å². The van der Waals surface area contributed by atoms with Gasteiger partial charge in [-0.2, -0.15) is 5.10 Å². The van der Waals surface area contributed by atoms with Crippen molar-refractivity contribution in [3.8, 4) is 5.82 Å². The molecule has 2 heterocycles. The molecule has 0 aliphatic rings. The van der Waals surface area contributed by atoms with E-state index in [9.17, 15) is 0 Å². The Labute approximate surface area is 128 Å². The molecule has 2 aromatic rings. The molecule has 4 nitrogen and oxygen atoms in total. The molecule has 0 fully saturated rings. The Morgan fingerprint density at radius 3 is 2.70 bits per heavy atom. The maximum atomic E-state index is 4.62. The third-order valence-corrected chi connectivity index (χ3v) is 3.82. The number of aromatic nitrogens is 3. The molecule has 0 aromatic carbocycles. The van der Waals surface area contributed by atoms with Crippen LogP contribution >= 0.6 is 15.9 Å². The minimum atomic E-state index is 0.863. The second-order valence-corrected chi connectivity index (χ2v) is 5.81. The third kappa shape index (κ3) is 3.46. The second kappa shape index (κ2) is 6.99. The Morgan fingerprint density at radius 1 is 1.25 bits per heavy atom. The summed E-state index contributed by atoms with van der Waals surface area (Å²) in [7, 11) is 0. The third-order valence-electron chi connectivity index (χ3n) is 3.35. The number of hydrogen-bond donors (Lipinski definition) is 1. The van der Waals surface area contributed by atoms with Gasteiger partial charge in [-0.3, -0.25) is 0 Å². The van der Waals surface area contributed by atoms with E-state index >= 15 is 0 Å². The molecule has 0 spiro atoms. The van der Waals surface area contributed by atoms with Crippen LogP contribution in [0.3, 0.4) is 0 Å². The first-order valence-corrected chi connectivity index (χ1v) is 7.80. The zero-order valence-corrected chi connectivity index (χ0v) is 13.9. The lowest BCUT2D eigenvalue weighted by molar-refractivity contribution is 0.669. The van der Waals surface area contributed by atoms with Gasteiger partial charge in [-0.25, -0.2) is 9.67 Å². The van der Waals surface area contributed by atoms with Crippen molar-refractivity contribution in [3.63, 3.8) is 0 Å². The zero-order valence-electron chi connectivity index (χ0n) is 12.3. The minimum absolute atomic E-state index is 0.863. The van der Waals surface area contributed by atoms with Gasteiger partial charge in [-0.15, -0.1) is 0 Å². The molecule has 0 amide bonds. The predicted molar refractivity (Wildman–Crippen MR) is 85.4 cm³/mol. The van der Waals surface area contributed by atoms with E-state index in [1.165, 1.54) is 17.7 Å². The highest BCUT2D eigenvalue weighted by molar-refractivity contribution is 9.10. The molecule has 20 heavy (non-hydrogen) atoms. The summed E-state index contributed by atoms with van der Waals surface area (Å²) in [6.07, 6.45) is 3.97. The molecule has 0 atom stereocenters. The summed E-state index contributed by atoms with van der Waals surface area (Å²) in [6, 6.07) is 3.96. The molecule has 2 rings (SSSR count). The summed E-state index contributed by atoms with van der Waals surface area (Å²) in [5.74, 6) is 0.863. The largest absolute Gasteiger partial charge is 0.316 e. The first kappa shape index (κ1) is 15.2. The van der Waals surface area contributed by atoms with E-state index < -0.39 is 0 Å². The van der Waals surface area contributed by atoms with Gasteiger partial charge in [-0.1, -0.05) is 6.92 Å². The number of hydrogen-bond acceptors (Lipinski definition) is 3. The molecule has 5 heteroatoms. The lowest BCUT2D eigenvalue weighted by Gasteiger charge is -2.05. The summed E-state index contributed by atoms with van der Waals surface area (Å²) in [4.78, 5) is 4.41.